The van der Waals surface area contributed by atoms with Crippen molar-refractivity contribution in [2.24, 2.45) is 0 Å². The van der Waals surface area contributed by atoms with Crippen LogP contribution in [-0.2, 0) is 11.3 Å². The van der Waals surface area contributed by atoms with Gasteiger partial charge >= 0.3 is 0 Å². The molecule has 3 rings (SSSR count). The summed E-state index contributed by atoms with van der Waals surface area (Å²) in [6.45, 7) is 2.74. The van der Waals surface area contributed by atoms with E-state index in [4.69, 9.17) is 9.47 Å². The molecule has 5 nitrogen and oxygen atoms in total. The van der Waals surface area contributed by atoms with Crippen molar-refractivity contribution >= 4 is 15.9 Å². The van der Waals surface area contributed by atoms with Crippen LogP contribution in [0.5, 0.6) is 11.5 Å². The van der Waals surface area contributed by atoms with Gasteiger partial charge in [0.25, 0.3) is 0 Å². The van der Waals surface area contributed by atoms with Crippen LogP contribution in [0.1, 0.15) is 18.4 Å². The van der Waals surface area contributed by atoms with Gasteiger partial charge in [-0.1, -0.05) is 34.1 Å². The summed E-state index contributed by atoms with van der Waals surface area (Å²) in [5, 5.41) is 20.6. The van der Waals surface area contributed by atoms with Crippen LogP contribution in [0.15, 0.2) is 53.0 Å². The molecular formula is C21H26BrNO4. The lowest BCUT2D eigenvalue weighted by Gasteiger charge is -2.27. The van der Waals surface area contributed by atoms with E-state index in [1.54, 1.807) is 6.07 Å². The lowest BCUT2D eigenvalue weighted by molar-refractivity contribution is 0.0311. The van der Waals surface area contributed by atoms with Crippen molar-refractivity contribution in [1.29, 1.82) is 0 Å². The van der Waals surface area contributed by atoms with Gasteiger partial charge in [-0.2, -0.15) is 0 Å². The molecule has 2 N–H and O–H groups in total. The van der Waals surface area contributed by atoms with Crippen molar-refractivity contribution < 1.29 is 19.7 Å². The van der Waals surface area contributed by atoms with Gasteiger partial charge in [-0.25, -0.2) is 0 Å². The fraction of sp³-hybridized carbons (Fsp3) is 0.429. The van der Waals surface area contributed by atoms with Crippen molar-refractivity contribution in [2.45, 2.75) is 31.6 Å². The zero-order valence-electron chi connectivity index (χ0n) is 15.3. The number of aliphatic hydroxyl groups excluding tert-OH is 1. The topological polar surface area (TPSA) is 62.2 Å². The summed E-state index contributed by atoms with van der Waals surface area (Å²) in [6.07, 6.45) is 1.64. The van der Waals surface area contributed by atoms with Crippen LogP contribution >= 0.6 is 15.9 Å². The highest BCUT2D eigenvalue weighted by molar-refractivity contribution is 9.10. The van der Waals surface area contributed by atoms with Crippen LogP contribution in [0.2, 0.25) is 0 Å². The van der Waals surface area contributed by atoms with E-state index in [0.717, 1.165) is 41.8 Å². The van der Waals surface area contributed by atoms with E-state index in [1.165, 1.54) is 0 Å². The second-order valence-corrected chi connectivity index (χ2v) is 7.79. The largest absolute Gasteiger partial charge is 0.508 e. The molecule has 0 amide bonds. The third kappa shape index (κ3) is 6.50. The van der Waals surface area contributed by atoms with Crippen molar-refractivity contribution in [3.8, 4) is 11.5 Å². The molecule has 2 atom stereocenters. The highest BCUT2D eigenvalue weighted by Crippen LogP contribution is 2.21. The van der Waals surface area contributed by atoms with E-state index in [1.807, 2.05) is 42.5 Å². The van der Waals surface area contributed by atoms with Crippen LogP contribution in [-0.4, -0.2) is 53.6 Å². The van der Waals surface area contributed by atoms with Gasteiger partial charge in [-0.3, -0.25) is 4.90 Å². The number of hydrogen-bond donors (Lipinski definition) is 2. The lowest BCUT2D eigenvalue weighted by Crippen LogP contribution is -2.39. The van der Waals surface area contributed by atoms with Crippen LogP contribution in [0.25, 0.3) is 0 Å². The van der Waals surface area contributed by atoms with Gasteiger partial charge in [-0.05, 0) is 43.2 Å². The van der Waals surface area contributed by atoms with Gasteiger partial charge in [0.2, 0.25) is 0 Å². The zero-order valence-corrected chi connectivity index (χ0v) is 16.8. The molecule has 2 aromatic rings. The average Bonchev–Trinajstić information content (AvgIpc) is 3.16. The minimum atomic E-state index is -0.638. The number of rotatable bonds is 9. The first-order valence-electron chi connectivity index (χ1n) is 9.27. The molecule has 1 heterocycles. The van der Waals surface area contributed by atoms with Crippen LogP contribution in [0.4, 0.5) is 0 Å². The lowest BCUT2D eigenvalue weighted by atomic mass is 10.1. The number of aromatic hydroxyl groups is 1. The van der Waals surface area contributed by atoms with Crippen LogP contribution in [0.3, 0.4) is 0 Å². The first-order valence-corrected chi connectivity index (χ1v) is 10.1. The molecule has 0 radical (unpaired) electrons. The summed E-state index contributed by atoms with van der Waals surface area (Å²) < 4.78 is 12.4. The van der Waals surface area contributed by atoms with Crippen molar-refractivity contribution in [3.05, 3.63) is 58.6 Å². The van der Waals surface area contributed by atoms with Crippen molar-refractivity contribution in [2.75, 3.05) is 26.3 Å². The van der Waals surface area contributed by atoms with Gasteiger partial charge < -0.3 is 19.7 Å². The third-order valence-corrected chi connectivity index (χ3v) is 5.13. The fourth-order valence-corrected chi connectivity index (χ4v) is 3.50. The minimum absolute atomic E-state index is 0.176. The summed E-state index contributed by atoms with van der Waals surface area (Å²) in [5.41, 5.74) is 0.844. The Morgan fingerprint density at radius 2 is 1.96 bits per heavy atom. The molecule has 0 unspecified atom stereocenters. The van der Waals surface area contributed by atoms with Gasteiger partial charge in [-0.15, -0.1) is 0 Å². The molecule has 1 aliphatic heterocycles. The molecule has 146 valence electrons. The summed E-state index contributed by atoms with van der Waals surface area (Å²) in [5.74, 6) is 0.999. The molecule has 27 heavy (non-hydrogen) atoms. The molecule has 0 aliphatic carbocycles. The number of phenolic OH excluding ortho intramolecular Hbond substituents is 1. The maximum Gasteiger partial charge on any atom is 0.120 e. The third-order valence-electron chi connectivity index (χ3n) is 4.60. The second-order valence-electron chi connectivity index (χ2n) is 6.88. The first kappa shape index (κ1) is 20.1. The Bertz CT molecular complexity index is 704. The molecule has 0 bridgehead atoms. The molecule has 1 fully saturated rings. The van der Waals surface area contributed by atoms with Gasteiger partial charge in [0.05, 0.1) is 6.10 Å². The van der Waals surface area contributed by atoms with Crippen molar-refractivity contribution in [3.63, 3.8) is 0 Å². The van der Waals surface area contributed by atoms with Gasteiger partial charge in [0, 0.05) is 36.3 Å². The standard InChI is InChI=1S/C21H26BrNO4/c22-17-7-9-19(10-8-17)27-15-18(24)13-23(14-20-5-3-11-26-20)12-16-4-1-2-6-21(16)25/h1-2,4,6-10,18,20,24-25H,3,5,11-15H2/t18-,20+/m1/s1. The van der Waals surface area contributed by atoms with E-state index in [9.17, 15) is 10.2 Å². The Hall–Kier alpha value is -1.60. The number of halogens is 1. The van der Waals surface area contributed by atoms with E-state index in [2.05, 4.69) is 20.8 Å². The molecule has 0 aromatic heterocycles. The maximum absolute atomic E-state index is 10.5. The van der Waals surface area contributed by atoms with Gasteiger partial charge in [0.15, 0.2) is 0 Å². The molecular weight excluding hydrogens is 410 g/mol. The zero-order chi connectivity index (χ0) is 19.1. The highest BCUT2D eigenvalue weighted by atomic mass is 79.9. The molecule has 1 aliphatic rings. The number of benzene rings is 2. The van der Waals surface area contributed by atoms with Crippen LogP contribution in [0, 0.1) is 0 Å². The van der Waals surface area contributed by atoms with Crippen molar-refractivity contribution in [1.82, 2.24) is 4.90 Å². The molecule has 6 heteroatoms. The summed E-state index contributed by atoms with van der Waals surface area (Å²) in [6, 6.07) is 14.9. The predicted octanol–water partition coefficient (Wildman–Crippen LogP) is 3.58. The Balaban J connectivity index is 1.57. The average molecular weight is 436 g/mol. The van der Waals surface area contributed by atoms with E-state index in [0.29, 0.717) is 13.1 Å². The smallest absolute Gasteiger partial charge is 0.120 e. The van der Waals surface area contributed by atoms with Crippen LogP contribution < -0.4 is 4.74 Å². The molecule has 0 spiro atoms. The van der Waals surface area contributed by atoms with E-state index in [-0.39, 0.29) is 18.5 Å². The quantitative estimate of drug-likeness (QED) is 0.630. The Morgan fingerprint density at radius 3 is 2.67 bits per heavy atom. The Labute approximate surface area is 168 Å². The fourth-order valence-electron chi connectivity index (χ4n) is 3.24. The molecule has 0 saturated carbocycles. The minimum Gasteiger partial charge on any atom is -0.508 e. The number of nitrogens with zero attached hydrogens (tertiary/aromatic N) is 1. The normalized spacial score (nSPS) is 18.0. The molecule has 2 aromatic carbocycles. The van der Waals surface area contributed by atoms with E-state index >= 15 is 0 Å². The van der Waals surface area contributed by atoms with Gasteiger partial charge in [0.1, 0.15) is 24.2 Å². The second kappa shape index (κ2) is 10.1. The number of ether oxygens (including phenoxy) is 2. The number of hydrogen-bond acceptors (Lipinski definition) is 5. The number of phenols is 1. The predicted molar refractivity (Wildman–Crippen MR) is 108 cm³/mol. The monoisotopic (exact) mass is 435 g/mol. The Morgan fingerprint density at radius 1 is 1.19 bits per heavy atom. The van der Waals surface area contributed by atoms with E-state index < -0.39 is 6.10 Å². The summed E-state index contributed by atoms with van der Waals surface area (Å²) in [7, 11) is 0. The maximum atomic E-state index is 10.5. The highest BCUT2D eigenvalue weighted by Gasteiger charge is 2.22. The summed E-state index contributed by atoms with van der Waals surface area (Å²) in [4.78, 5) is 2.13. The first-order chi connectivity index (χ1) is 13.1. The number of aliphatic hydroxyl groups is 1. The molecule has 1 saturated heterocycles. The SMILES string of the molecule is Oc1ccccc1CN(C[C@@H](O)COc1ccc(Br)cc1)C[C@@H]1CCCO1. The Kier molecular flexibility index (Phi) is 7.52. The number of para-hydroxylation sites is 1. The summed E-state index contributed by atoms with van der Waals surface area (Å²) >= 11 is 3.39.